The van der Waals surface area contributed by atoms with Crippen molar-refractivity contribution < 1.29 is 19.7 Å². The first-order chi connectivity index (χ1) is 12.4. The van der Waals surface area contributed by atoms with Crippen LogP contribution in [0.2, 0.25) is 0 Å². The number of hydrogen-bond acceptors (Lipinski definition) is 5. The van der Waals surface area contributed by atoms with E-state index in [1.54, 1.807) is 48.5 Å². The molecule has 2 aromatic rings. The summed E-state index contributed by atoms with van der Waals surface area (Å²) in [6.07, 6.45) is -1.04. The molecule has 5 N–H and O–H groups in total. The molecule has 0 spiro atoms. The molecule has 0 heterocycles. The fraction of sp³-hybridized carbons (Fsp3) is 0.350. The van der Waals surface area contributed by atoms with E-state index >= 15 is 0 Å². The van der Waals surface area contributed by atoms with Crippen LogP contribution in [0, 0.1) is 5.92 Å². The van der Waals surface area contributed by atoms with Gasteiger partial charge in [-0.1, -0.05) is 26.0 Å². The molecule has 2 rings (SSSR count). The minimum atomic E-state index is -1.04. The maximum absolute atomic E-state index is 12.4. The second-order valence-electron chi connectivity index (χ2n) is 6.60. The van der Waals surface area contributed by atoms with Crippen molar-refractivity contribution in [3.8, 4) is 5.75 Å². The minimum Gasteiger partial charge on any atom is -0.493 e. The van der Waals surface area contributed by atoms with Gasteiger partial charge in [-0.3, -0.25) is 4.79 Å². The van der Waals surface area contributed by atoms with Gasteiger partial charge in [0.1, 0.15) is 11.9 Å². The minimum absolute atomic E-state index is 0.381. The fourth-order valence-corrected chi connectivity index (χ4v) is 2.37. The van der Waals surface area contributed by atoms with Crippen LogP contribution in [0.3, 0.4) is 0 Å². The zero-order chi connectivity index (χ0) is 19.1. The summed E-state index contributed by atoms with van der Waals surface area (Å²) in [6, 6.07) is 12.6. The Balaban J connectivity index is 2.00. The first kappa shape index (κ1) is 19.8. The van der Waals surface area contributed by atoms with Crippen molar-refractivity contribution in [1.29, 1.82) is 0 Å². The lowest BCUT2D eigenvalue weighted by Crippen LogP contribution is -2.41. The van der Waals surface area contributed by atoms with Crippen molar-refractivity contribution in [1.82, 2.24) is 5.32 Å². The average Bonchev–Trinajstić information content (AvgIpc) is 2.64. The van der Waals surface area contributed by atoms with Crippen LogP contribution >= 0.6 is 0 Å². The van der Waals surface area contributed by atoms with Gasteiger partial charge in [0.25, 0.3) is 5.91 Å². The third-order valence-electron chi connectivity index (χ3n) is 3.87. The Bertz CT molecular complexity index is 699. The molecule has 1 amide bonds. The van der Waals surface area contributed by atoms with Gasteiger partial charge in [-0.25, -0.2) is 0 Å². The summed E-state index contributed by atoms with van der Waals surface area (Å²) < 4.78 is 5.59. The van der Waals surface area contributed by atoms with Gasteiger partial charge in [0, 0.05) is 11.3 Å². The third-order valence-corrected chi connectivity index (χ3v) is 3.87. The van der Waals surface area contributed by atoms with Crippen LogP contribution in [-0.4, -0.2) is 35.4 Å². The smallest absolute Gasteiger partial charge is 0.251 e. The summed E-state index contributed by atoms with van der Waals surface area (Å²) in [5, 5.41) is 22.6. The molecular formula is C20H26N2O4. The van der Waals surface area contributed by atoms with E-state index in [-0.39, 0.29) is 5.91 Å². The predicted molar refractivity (Wildman–Crippen MR) is 101 cm³/mol. The lowest BCUT2D eigenvalue weighted by Gasteiger charge is -2.23. The molecule has 2 atom stereocenters. The van der Waals surface area contributed by atoms with Gasteiger partial charge in [0.15, 0.2) is 0 Å². The normalized spacial score (nSPS) is 13.3. The van der Waals surface area contributed by atoms with Crippen molar-refractivity contribution in [2.24, 2.45) is 5.92 Å². The first-order valence-electron chi connectivity index (χ1n) is 8.58. The maximum Gasteiger partial charge on any atom is 0.251 e. The van der Waals surface area contributed by atoms with Crippen LogP contribution in [0.15, 0.2) is 48.5 Å². The number of aliphatic hydroxyl groups is 2. The first-order valence-corrected chi connectivity index (χ1v) is 8.58. The molecule has 0 saturated carbocycles. The lowest BCUT2D eigenvalue weighted by atomic mass is 10.0. The van der Waals surface area contributed by atoms with Gasteiger partial charge in [-0.05, 0) is 47.9 Å². The highest BCUT2D eigenvalue weighted by Crippen LogP contribution is 2.19. The second-order valence-corrected chi connectivity index (χ2v) is 6.60. The number of carbonyl (C=O) groups excluding carboxylic acids is 1. The summed E-state index contributed by atoms with van der Waals surface area (Å²) in [6.45, 7) is 4.32. The molecule has 0 aliphatic heterocycles. The van der Waals surface area contributed by atoms with Crippen LogP contribution in [-0.2, 0) is 0 Å². The van der Waals surface area contributed by atoms with E-state index in [0.717, 1.165) is 0 Å². The molecule has 2 unspecified atom stereocenters. The summed E-state index contributed by atoms with van der Waals surface area (Å²) in [4.78, 5) is 12.4. The molecule has 0 aliphatic rings. The van der Waals surface area contributed by atoms with E-state index in [2.05, 4.69) is 19.2 Å². The van der Waals surface area contributed by atoms with Crippen molar-refractivity contribution in [2.45, 2.75) is 26.0 Å². The monoisotopic (exact) mass is 358 g/mol. The van der Waals surface area contributed by atoms with Crippen LogP contribution in [0.4, 0.5) is 5.69 Å². The van der Waals surface area contributed by atoms with Gasteiger partial charge in [-0.2, -0.15) is 0 Å². The molecule has 140 valence electrons. The largest absolute Gasteiger partial charge is 0.493 e. The number of nitrogens with two attached hydrogens (primary N) is 1. The molecule has 0 fully saturated rings. The zero-order valence-electron chi connectivity index (χ0n) is 15.1. The zero-order valence-corrected chi connectivity index (χ0v) is 15.1. The van der Waals surface area contributed by atoms with Gasteiger partial charge < -0.3 is 26.0 Å². The highest BCUT2D eigenvalue weighted by molar-refractivity contribution is 5.94. The fourth-order valence-electron chi connectivity index (χ4n) is 2.37. The Morgan fingerprint density at radius 1 is 1.12 bits per heavy atom. The summed E-state index contributed by atoms with van der Waals surface area (Å²) in [5.41, 5.74) is 7.19. The van der Waals surface area contributed by atoms with Gasteiger partial charge in [-0.15, -0.1) is 0 Å². The van der Waals surface area contributed by atoms with Gasteiger partial charge >= 0.3 is 0 Å². The number of nitrogens with one attached hydrogen (secondary N) is 1. The Morgan fingerprint density at radius 3 is 2.27 bits per heavy atom. The van der Waals surface area contributed by atoms with E-state index in [1.165, 1.54) is 0 Å². The summed E-state index contributed by atoms with van der Waals surface area (Å²) in [7, 11) is 0. The van der Waals surface area contributed by atoms with Crippen LogP contribution in [0.1, 0.15) is 35.9 Å². The Labute approximate surface area is 153 Å². The number of nitrogen functional groups attached to an aromatic ring is 1. The standard InChI is InChI=1S/C20H26N2O4/c1-13(2)12-26-17-9-5-15(6-10-17)20(25)22-18(11-23)19(24)14-3-7-16(21)8-4-14/h3-10,13,18-19,23-24H,11-12,21H2,1-2H3,(H,22,25). The second kappa shape index (κ2) is 9.22. The van der Waals surface area contributed by atoms with Gasteiger partial charge in [0.05, 0.1) is 19.3 Å². The number of ether oxygens (including phenoxy) is 1. The molecule has 0 aromatic heterocycles. The van der Waals surface area contributed by atoms with Gasteiger partial charge in [0.2, 0.25) is 0 Å². The topological polar surface area (TPSA) is 105 Å². The Hall–Kier alpha value is -2.57. The Kier molecular flexibility index (Phi) is 7.00. The third kappa shape index (κ3) is 5.47. The number of benzene rings is 2. The van der Waals surface area contributed by atoms with Crippen LogP contribution < -0.4 is 15.8 Å². The van der Waals surface area contributed by atoms with Crippen molar-refractivity contribution >= 4 is 11.6 Å². The van der Waals surface area contributed by atoms with Crippen LogP contribution in [0.25, 0.3) is 0 Å². The Morgan fingerprint density at radius 2 is 1.73 bits per heavy atom. The van der Waals surface area contributed by atoms with E-state index in [9.17, 15) is 15.0 Å². The average molecular weight is 358 g/mol. The van der Waals surface area contributed by atoms with E-state index in [0.29, 0.717) is 35.1 Å². The number of amides is 1. The molecule has 26 heavy (non-hydrogen) atoms. The molecule has 0 radical (unpaired) electrons. The lowest BCUT2D eigenvalue weighted by molar-refractivity contribution is 0.0703. The van der Waals surface area contributed by atoms with Crippen molar-refractivity contribution in [2.75, 3.05) is 18.9 Å². The molecule has 0 bridgehead atoms. The molecule has 6 heteroatoms. The molecule has 2 aromatic carbocycles. The predicted octanol–water partition coefficient (Wildman–Crippen LogP) is 2.13. The van der Waals surface area contributed by atoms with E-state index in [1.807, 2.05) is 0 Å². The highest BCUT2D eigenvalue weighted by Gasteiger charge is 2.22. The quantitative estimate of drug-likeness (QED) is 0.541. The van der Waals surface area contributed by atoms with Crippen molar-refractivity contribution in [3.05, 3.63) is 59.7 Å². The summed E-state index contributed by atoms with van der Waals surface area (Å²) in [5.74, 6) is 0.725. The van der Waals surface area contributed by atoms with Crippen LogP contribution in [0.5, 0.6) is 5.75 Å². The maximum atomic E-state index is 12.4. The number of carbonyl (C=O) groups is 1. The summed E-state index contributed by atoms with van der Waals surface area (Å²) >= 11 is 0. The molecule has 0 saturated heterocycles. The highest BCUT2D eigenvalue weighted by atomic mass is 16.5. The number of anilines is 1. The van der Waals surface area contributed by atoms with E-state index in [4.69, 9.17) is 10.5 Å². The SMILES string of the molecule is CC(C)COc1ccc(C(=O)NC(CO)C(O)c2ccc(N)cc2)cc1. The molecule has 6 nitrogen and oxygen atoms in total. The van der Waals surface area contributed by atoms with E-state index < -0.39 is 18.8 Å². The number of rotatable bonds is 8. The van der Waals surface area contributed by atoms with Crippen molar-refractivity contribution in [3.63, 3.8) is 0 Å². The number of aliphatic hydroxyl groups excluding tert-OH is 2. The number of hydrogen-bond donors (Lipinski definition) is 4. The molecule has 0 aliphatic carbocycles. The molecular weight excluding hydrogens is 332 g/mol.